The Morgan fingerprint density at radius 2 is 2.36 bits per heavy atom. The molecule has 0 unspecified atom stereocenters. The molecule has 0 radical (unpaired) electrons. The van der Waals surface area contributed by atoms with Crippen molar-refractivity contribution in [2.45, 2.75) is 38.8 Å². The first-order valence-corrected chi connectivity index (χ1v) is 4.14. The average molecular weight is 156 g/mol. The molecular formula is C8H16N2O. The minimum absolute atomic E-state index is 0.0323. The molecule has 11 heavy (non-hydrogen) atoms. The van der Waals surface area contributed by atoms with Crippen molar-refractivity contribution in [3.63, 3.8) is 0 Å². The van der Waals surface area contributed by atoms with Gasteiger partial charge in [0.05, 0.1) is 0 Å². The van der Waals surface area contributed by atoms with E-state index in [4.69, 9.17) is 5.73 Å². The third-order valence-electron chi connectivity index (χ3n) is 2.01. The zero-order chi connectivity index (χ0) is 8.43. The summed E-state index contributed by atoms with van der Waals surface area (Å²) in [7, 11) is 0. The largest absolute Gasteiger partial charge is 0.352 e. The van der Waals surface area contributed by atoms with Crippen LogP contribution < -0.4 is 11.1 Å². The molecule has 0 aromatic carbocycles. The number of nitrogens with two attached hydrogens (primary N) is 1. The van der Waals surface area contributed by atoms with Crippen molar-refractivity contribution in [2.24, 2.45) is 11.7 Å². The first-order chi connectivity index (χ1) is 5.09. The summed E-state index contributed by atoms with van der Waals surface area (Å²) in [5, 5.41) is 2.87. The first kappa shape index (κ1) is 8.53. The summed E-state index contributed by atoms with van der Waals surface area (Å²) < 4.78 is 0. The van der Waals surface area contributed by atoms with E-state index in [0.717, 1.165) is 6.42 Å². The number of hydrogen-bond acceptors (Lipinski definition) is 2. The van der Waals surface area contributed by atoms with Crippen LogP contribution in [0.2, 0.25) is 0 Å². The van der Waals surface area contributed by atoms with Crippen LogP contribution in [0.4, 0.5) is 0 Å². The van der Waals surface area contributed by atoms with Gasteiger partial charge in [-0.25, -0.2) is 0 Å². The Morgan fingerprint density at radius 1 is 1.73 bits per heavy atom. The van der Waals surface area contributed by atoms with Gasteiger partial charge in [0.15, 0.2) is 0 Å². The summed E-state index contributed by atoms with van der Waals surface area (Å²) >= 11 is 0. The molecule has 3 nitrogen and oxygen atoms in total. The predicted octanol–water partition coefficient (Wildman–Crippen LogP) is 0.248. The molecule has 0 aliphatic carbocycles. The molecule has 1 fully saturated rings. The van der Waals surface area contributed by atoms with Crippen LogP contribution in [0.1, 0.15) is 26.7 Å². The van der Waals surface area contributed by atoms with Crippen molar-refractivity contribution in [3.05, 3.63) is 0 Å². The van der Waals surface area contributed by atoms with Crippen LogP contribution in [-0.2, 0) is 4.79 Å². The molecule has 0 spiro atoms. The number of carbonyl (C=O) groups excluding carboxylic acids is 1. The molecule has 0 bridgehead atoms. The summed E-state index contributed by atoms with van der Waals surface area (Å²) in [6.45, 7) is 4.27. The zero-order valence-electron chi connectivity index (χ0n) is 7.13. The molecule has 0 saturated carbocycles. The Balaban J connectivity index is 2.40. The first-order valence-electron chi connectivity index (χ1n) is 4.14. The molecule has 1 aliphatic heterocycles. The van der Waals surface area contributed by atoms with E-state index in [1.165, 1.54) is 0 Å². The summed E-state index contributed by atoms with van der Waals surface area (Å²) in [5.41, 5.74) is 5.73. The number of rotatable bonds is 2. The van der Waals surface area contributed by atoms with E-state index in [1.54, 1.807) is 0 Å². The zero-order valence-corrected chi connectivity index (χ0v) is 7.13. The summed E-state index contributed by atoms with van der Waals surface area (Å²) in [6, 6.07) is 0.243. The van der Waals surface area contributed by atoms with E-state index in [9.17, 15) is 4.79 Å². The number of nitrogens with one attached hydrogen (secondary N) is 1. The van der Waals surface area contributed by atoms with Crippen molar-refractivity contribution in [2.75, 3.05) is 0 Å². The van der Waals surface area contributed by atoms with Gasteiger partial charge < -0.3 is 11.1 Å². The quantitative estimate of drug-likeness (QED) is 0.602. The highest BCUT2D eigenvalue weighted by Gasteiger charge is 2.29. The second-order valence-electron chi connectivity index (χ2n) is 3.67. The SMILES string of the molecule is CC(C)C[C@@H]1NC(=O)C[C@@H]1N. The van der Waals surface area contributed by atoms with Gasteiger partial charge in [-0.1, -0.05) is 13.8 Å². The van der Waals surface area contributed by atoms with Crippen molar-refractivity contribution < 1.29 is 4.79 Å². The molecule has 2 atom stereocenters. The fraction of sp³-hybridized carbons (Fsp3) is 0.875. The summed E-state index contributed by atoms with van der Waals surface area (Å²) in [5.74, 6) is 0.701. The summed E-state index contributed by atoms with van der Waals surface area (Å²) in [6.07, 6.45) is 1.49. The molecule has 1 rings (SSSR count). The van der Waals surface area contributed by atoms with E-state index in [0.29, 0.717) is 12.3 Å². The van der Waals surface area contributed by atoms with E-state index >= 15 is 0 Å². The Kier molecular flexibility index (Phi) is 2.49. The van der Waals surface area contributed by atoms with Gasteiger partial charge in [-0.2, -0.15) is 0 Å². The topological polar surface area (TPSA) is 55.1 Å². The predicted molar refractivity (Wildman–Crippen MR) is 44.0 cm³/mol. The number of hydrogen-bond donors (Lipinski definition) is 2. The molecule has 1 aliphatic rings. The molecule has 3 N–H and O–H groups in total. The van der Waals surface area contributed by atoms with Gasteiger partial charge >= 0.3 is 0 Å². The lowest BCUT2D eigenvalue weighted by molar-refractivity contribution is -0.119. The van der Waals surface area contributed by atoms with Crippen LogP contribution in [0.15, 0.2) is 0 Å². The van der Waals surface area contributed by atoms with Gasteiger partial charge in [-0.3, -0.25) is 4.79 Å². The molecule has 1 saturated heterocycles. The lowest BCUT2D eigenvalue weighted by Crippen LogP contribution is -2.37. The monoisotopic (exact) mass is 156 g/mol. The van der Waals surface area contributed by atoms with Gasteiger partial charge in [-0.15, -0.1) is 0 Å². The van der Waals surface area contributed by atoms with Crippen LogP contribution in [0.25, 0.3) is 0 Å². The van der Waals surface area contributed by atoms with Crippen molar-refractivity contribution in [3.8, 4) is 0 Å². The molecule has 1 amide bonds. The van der Waals surface area contributed by atoms with Crippen LogP contribution >= 0.6 is 0 Å². The van der Waals surface area contributed by atoms with Gasteiger partial charge in [0.25, 0.3) is 0 Å². The average Bonchev–Trinajstić information content (AvgIpc) is 2.09. The van der Waals surface area contributed by atoms with Crippen LogP contribution in [0.5, 0.6) is 0 Å². The normalized spacial score (nSPS) is 31.1. The highest BCUT2D eigenvalue weighted by Crippen LogP contribution is 2.13. The highest BCUT2D eigenvalue weighted by molar-refractivity contribution is 5.79. The standard InChI is InChI=1S/C8H16N2O/c1-5(2)3-7-6(9)4-8(11)10-7/h5-7H,3-4,9H2,1-2H3,(H,10,11)/t6-,7-/m0/s1. The second kappa shape index (κ2) is 3.22. The maximum Gasteiger partial charge on any atom is 0.221 e. The van der Waals surface area contributed by atoms with E-state index in [-0.39, 0.29) is 18.0 Å². The van der Waals surface area contributed by atoms with E-state index < -0.39 is 0 Å². The van der Waals surface area contributed by atoms with E-state index in [1.807, 2.05) is 0 Å². The third-order valence-corrected chi connectivity index (χ3v) is 2.01. The number of amides is 1. The van der Waals surface area contributed by atoms with Crippen LogP contribution in [0, 0.1) is 5.92 Å². The maximum absolute atomic E-state index is 10.9. The lowest BCUT2D eigenvalue weighted by atomic mass is 10.00. The van der Waals surface area contributed by atoms with Crippen LogP contribution in [-0.4, -0.2) is 18.0 Å². The minimum atomic E-state index is 0.0323. The number of carbonyl (C=O) groups is 1. The van der Waals surface area contributed by atoms with E-state index in [2.05, 4.69) is 19.2 Å². The minimum Gasteiger partial charge on any atom is -0.352 e. The lowest BCUT2D eigenvalue weighted by Gasteiger charge is -2.16. The molecule has 0 aromatic heterocycles. The van der Waals surface area contributed by atoms with Gasteiger partial charge in [0, 0.05) is 18.5 Å². The van der Waals surface area contributed by atoms with Crippen molar-refractivity contribution >= 4 is 5.91 Å². The molecule has 64 valence electrons. The smallest absolute Gasteiger partial charge is 0.221 e. The fourth-order valence-electron chi connectivity index (χ4n) is 1.47. The Labute approximate surface area is 67.3 Å². The Morgan fingerprint density at radius 3 is 2.73 bits per heavy atom. The molecular weight excluding hydrogens is 140 g/mol. The maximum atomic E-state index is 10.9. The van der Waals surface area contributed by atoms with Crippen LogP contribution in [0.3, 0.4) is 0 Å². The van der Waals surface area contributed by atoms with Crippen molar-refractivity contribution in [1.82, 2.24) is 5.32 Å². The Hall–Kier alpha value is -0.570. The van der Waals surface area contributed by atoms with Crippen molar-refractivity contribution in [1.29, 1.82) is 0 Å². The molecule has 0 aromatic rings. The Bertz CT molecular complexity index is 156. The highest BCUT2D eigenvalue weighted by atomic mass is 16.2. The van der Waals surface area contributed by atoms with Gasteiger partial charge in [0.1, 0.15) is 0 Å². The van der Waals surface area contributed by atoms with Gasteiger partial charge in [0.2, 0.25) is 5.91 Å². The fourth-order valence-corrected chi connectivity index (χ4v) is 1.47. The summed E-state index contributed by atoms with van der Waals surface area (Å²) in [4.78, 5) is 10.9. The second-order valence-corrected chi connectivity index (χ2v) is 3.67. The third kappa shape index (κ3) is 2.19. The molecule has 1 heterocycles. The van der Waals surface area contributed by atoms with Gasteiger partial charge in [-0.05, 0) is 12.3 Å². The molecule has 3 heteroatoms.